The van der Waals surface area contributed by atoms with E-state index < -0.39 is 0 Å². The summed E-state index contributed by atoms with van der Waals surface area (Å²) in [5.74, 6) is -0.0346. The zero-order chi connectivity index (χ0) is 18.1. The fraction of sp³-hybridized carbons (Fsp3) is 0.350. The molecule has 1 aliphatic rings. The second-order valence-corrected chi connectivity index (χ2v) is 9.21. The van der Waals surface area contributed by atoms with Crippen LogP contribution in [0.15, 0.2) is 40.2 Å². The van der Waals surface area contributed by atoms with Crippen LogP contribution in [0.25, 0.3) is 10.2 Å². The molecule has 1 N–H and O–H groups in total. The second kappa shape index (κ2) is 7.55. The van der Waals surface area contributed by atoms with Gasteiger partial charge in [-0.05, 0) is 53.4 Å². The average Bonchev–Trinajstić information content (AvgIpc) is 3.31. The predicted molar refractivity (Wildman–Crippen MR) is 109 cm³/mol. The first kappa shape index (κ1) is 17.8. The number of nitrogens with one attached hydrogen (secondary N) is 1. The van der Waals surface area contributed by atoms with E-state index in [9.17, 15) is 4.79 Å². The maximum absolute atomic E-state index is 12.8. The van der Waals surface area contributed by atoms with E-state index in [1.807, 2.05) is 6.07 Å². The van der Waals surface area contributed by atoms with Crippen molar-refractivity contribution in [2.75, 3.05) is 13.2 Å². The molecule has 6 heteroatoms. The number of carbonyl (C=O) groups excluding carboxylic acids is 1. The molecule has 1 atom stereocenters. The summed E-state index contributed by atoms with van der Waals surface area (Å²) in [6.07, 6.45) is 2.25. The van der Waals surface area contributed by atoms with Gasteiger partial charge < -0.3 is 14.6 Å². The van der Waals surface area contributed by atoms with Crippen molar-refractivity contribution in [3.05, 3.63) is 57.0 Å². The Labute approximate surface area is 165 Å². The van der Waals surface area contributed by atoms with Crippen molar-refractivity contribution in [3.8, 4) is 0 Å². The van der Waals surface area contributed by atoms with Gasteiger partial charge in [-0.2, -0.15) is 0 Å². The Kier molecular flexibility index (Phi) is 5.16. The molecular formula is C20H21BrN2O2S. The first-order valence-corrected chi connectivity index (χ1v) is 10.4. The van der Waals surface area contributed by atoms with Gasteiger partial charge in [0.25, 0.3) is 5.91 Å². The number of amides is 1. The summed E-state index contributed by atoms with van der Waals surface area (Å²) in [5, 5.41) is 3.05. The summed E-state index contributed by atoms with van der Waals surface area (Å²) in [5.41, 5.74) is 4.21. The first-order chi connectivity index (χ1) is 12.6. The van der Waals surface area contributed by atoms with Crippen molar-refractivity contribution in [3.63, 3.8) is 0 Å². The molecule has 0 aliphatic carbocycles. The van der Waals surface area contributed by atoms with Crippen molar-refractivity contribution < 1.29 is 9.53 Å². The minimum Gasteiger partial charge on any atom is -0.376 e. The Morgan fingerprint density at radius 3 is 3.04 bits per heavy atom. The van der Waals surface area contributed by atoms with Crippen LogP contribution in [-0.4, -0.2) is 29.7 Å². The molecule has 0 saturated carbocycles. The third-order valence-electron chi connectivity index (χ3n) is 4.73. The Balaban J connectivity index is 1.62. The standard InChI is InChI=1S/C20H21BrN2O2S/c1-13-4-2-5-14(8-13)12-23-16-10-19(21)26-18(16)9-17(23)20(24)22-11-15-6-3-7-25-15/h2,4-5,8-10,15H,3,6-7,11-12H2,1H3,(H,22,24)/t15-/m0/s1. The number of aryl methyl sites for hydroxylation is 1. The third-order valence-corrected chi connectivity index (χ3v) is 6.30. The van der Waals surface area contributed by atoms with Gasteiger partial charge in [-0.3, -0.25) is 4.79 Å². The Bertz CT molecular complexity index is 941. The number of rotatable bonds is 5. The first-order valence-electron chi connectivity index (χ1n) is 8.84. The second-order valence-electron chi connectivity index (χ2n) is 6.75. The molecule has 0 radical (unpaired) electrons. The molecule has 1 fully saturated rings. The largest absolute Gasteiger partial charge is 0.376 e. The lowest BCUT2D eigenvalue weighted by molar-refractivity contribution is 0.0851. The topological polar surface area (TPSA) is 43.3 Å². The van der Waals surface area contributed by atoms with Gasteiger partial charge in [0, 0.05) is 19.7 Å². The van der Waals surface area contributed by atoms with Crippen molar-refractivity contribution in [2.24, 2.45) is 0 Å². The highest BCUT2D eigenvalue weighted by Crippen LogP contribution is 2.33. The molecule has 4 rings (SSSR count). The molecule has 3 heterocycles. The fourth-order valence-electron chi connectivity index (χ4n) is 3.47. The van der Waals surface area contributed by atoms with Gasteiger partial charge >= 0.3 is 0 Å². The van der Waals surface area contributed by atoms with Crippen LogP contribution in [0.2, 0.25) is 0 Å². The maximum Gasteiger partial charge on any atom is 0.268 e. The van der Waals surface area contributed by atoms with Crippen LogP contribution < -0.4 is 5.32 Å². The average molecular weight is 433 g/mol. The number of carbonyl (C=O) groups is 1. The van der Waals surface area contributed by atoms with Crippen LogP contribution in [0, 0.1) is 6.92 Å². The fourth-order valence-corrected chi connectivity index (χ4v) is 5.03. The van der Waals surface area contributed by atoms with Gasteiger partial charge in [0.15, 0.2) is 0 Å². The van der Waals surface area contributed by atoms with E-state index in [0.29, 0.717) is 18.8 Å². The Hall–Kier alpha value is -1.63. The molecular weight excluding hydrogens is 412 g/mol. The number of thiophene rings is 1. The molecule has 0 unspecified atom stereocenters. The molecule has 1 saturated heterocycles. The highest BCUT2D eigenvalue weighted by molar-refractivity contribution is 9.11. The molecule has 0 bridgehead atoms. The zero-order valence-electron chi connectivity index (χ0n) is 14.6. The third kappa shape index (κ3) is 3.72. The summed E-state index contributed by atoms with van der Waals surface area (Å²) in [6.45, 7) is 4.14. The Morgan fingerprint density at radius 2 is 2.27 bits per heavy atom. The summed E-state index contributed by atoms with van der Waals surface area (Å²) >= 11 is 5.21. The Morgan fingerprint density at radius 1 is 1.38 bits per heavy atom. The van der Waals surface area contributed by atoms with Crippen LogP contribution in [0.4, 0.5) is 0 Å². The predicted octanol–water partition coefficient (Wildman–Crippen LogP) is 4.73. The molecule has 136 valence electrons. The number of halogens is 1. The van der Waals surface area contributed by atoms with Gasteiger partial charge in [0.05, 0.1) is 20.1 Å². The molecule has 1 aliphatic heterocycles. The lowest BCUT2D eigenvalue weighted by Crippen LogP contribution is -2.33. The van der Waals surface area contributed by atoms with Crippen LogP contribution in [0.5, 0.6) is 0 Å². The highest BCUT2D eigenvalue weighted by Gasteiger charge is 2.20. The summed E-state index contributed by atoms with van der Waals surface area (Å²) in [7, 11) is 0. The molecule has 4 nitrogen and oxygen atoms in total. The van der Waals surface area contributed by atoms with Crippen molar-refractivity contribution in [2.45, 2.75) is 32.4 Å². The van der Waals surface area contributed by atoms with Crippen LogP contribution in [-0.2, 0) is 11.3 Å². The summed E-state index contributed by atoms with van der Waals surface area (Å²) in [6, 6.07) is 12.5. The quantitative estimate of drug-likeness (QED) is 0.632. The van der Waals surface area contributed by atoms with Crippen LogP contribution in [0.3, 0.4) is 0 Å². The number of benzene rings is 1. The number of aromatic nitrogens is 1. The molecule has 26 heavy (non-hydrogen) atoms. The highest BCUT2D eigenvalue weighted by atomic mass is 79.9. The van der Waals surface area contributed by atoms with E-state index >= 15 is 0 Å². The number of hydrogen-bond acceptors (Lipinski definition) is 3. The van der Waals surface area contributed by atoms with E-state index in [2.05, 4.69) is 63.1 Å². The minimum atomic E-state index is -0.0346. The molecule has 1 amide bonds. The molecule has 3 aromatic rings. The number of fused-ring (bicyclic) bond motifs is 1. The minimum absolute atomic E-state index is 0.0346. The van der Waals surface area contributed by atoms with Gasteiger partial charge in [-0.15, -0.1) is 11.3 Å². The van der Waals surface area contributed by atoms with Crippen molar-refractivity contribution in [1.29, 1.82) is 0 Å². The lowest BCUT2D eigenvalue weighted by atomic mass is 10.1. The van der Waals surface area contributed by atoms with Gasteiger partial charge in [-0.1, -0.05) is 29.8 Å². The van der Waals surface area contributed by atoms with Gasteiger partial charge in [0.1, 0.15) is 5.69 Å². The lowest BCUT2D eigenvalue weighted by Gasteiger charge is -2.13. The monoisotopic (exact) mass is 432 g/mol. The smallest absolute Gasteiger partial charge is 0.268 e. The van der Waals surface area contributed by atoms with Crippen molar-refractivity contribution in [1.82, 2.24) is 9.88 Å². The normalized spacial score (nSPS) is 17.1. The van der Waals surface area contributed by atoms with Gasteiger partial charge in [0.2, 0.25) is 0 Å². The number of nitrogens with zero attached hydrogens (tertiary/aromatic N) is 1. The van der Waals surface area contributed by atoms with Crippen LogP contribution >= 0.6 is 27.3 Å². The van der Waals surface area contributed by atoms with Gasteiger partial charge in [-0.25, -0.2) is 0 Å². The van der Waals surface area contributed by atoms with E-state index in [0.717, 1.165) is 33.5 Å². The SMILES string of the molecule is Cc1cccc(Cn2c(C(=O)NC[C@@H]3CCCO3)cc3sc(Br)cc32)c1. The molecule has 2 aromatic heterocycles. The number of ether oxygens (including phenoxy) is 1. The summed E-state index contributed by atoms with van der Waals surface area (Å²) < 4.78 is 9.91. The maximum atomic E-state index is 12.8. The van der Waals surface area contributed by atoms with Crippen LogP contribution in [0.1, 0.15) is 34.5 Å². The zero-order valence-corrected chi connectivity index (χ0v) is 17.0. The number of hydrogen-bond donors (Lipinski definition) is 1. The molecule has 1 aromatic carbocycles. The molecule has 0 spiro atoms. The van der Waals surface area contributed by atoms with E-state index in [-0.39, 0.29) is 12.0 Å². The van der Waals surface area contributed by atoms with Crippen molar-refractivity contribution >= 4 is 43.4 Å². The van der Waals surface area contributed by atoms with E-state index in [4.69, 9.17) is 4.74 Å². The van der Waals surface area contributed by atoms with E-state index in [1.165, 1.54) is 11.1 Å². The van der Waals surface area contributed by atoms with E-state index in [1.54, 1.807) is 11.3 Å². The summed E-state index contributed by atoms with van der Waals surface area (Å²) in [4.78, 5) is 12.8.